The van der Waals surface area contributed by atoms with Gasteiger partial charge in [0.1, 0.15) is 0 Å². The van der Waals surface area contributed by atoms with Crippen molar-refractivity contribution in [2.75, 3.05) is 6.61 Å². The van der Waals surface area contributed by atoms with E-state index in [9.17, 15) is 4.79 Å². The minimum atomic E-state index is -0.111. The van der Waals surface area contributed by atoms with Crippen molar-refractivity contribution in [1.29, 1.82) is 0 Å². The van der Waals surface area contributed by atoms with Gasteiger partial charge in [0, 0.05) is 29.3 Å². The number of hydrogen-bond donors (Lipinski definition) is 0. The molecule has 1 aliphatic carbocycles. The van der Waals surface area contributed by atoms with Gasteiger partial charge in [0.25, 0.3) is 0 Å². The van der Waals surface area contributed by atoms with Gasteiger partial charge in [-0.1, -0.05) is 11.6 Å². The van der Waals surface area contributed by atoms with E-state index < -0.39 is 0 Å². The Labute approximate surface area is 106 Å². The first-order valence-electron chi connectivity index (χ1n) is 5.90. The van der Waals surface area contributed by atoms with Crippen molar-refractivity contribution in [3.8, 4) is 0 Å². The van der Waals surface area contributed by atoms with Crippen LogP contribution in [-0.2, 0) is 9.53 Å². The molecule has 0 spiro atoms. The summed E-state index contributed by atoms with van der Waals surface area (Å²) >= 11 is 6.06. The SMILES string of the molecule is CCOC(=O)CC1CC1c1nccc(Cl)c1C. The molecule has 2 unspecified atom stereocenters. The summed E-state index contributed by atoms with van der Waals surface area (Å²) in [6.07, 6.45) is 3.23. The van der Waals surface area contributed by atoms with E-state index in [-0.39, 0.29) is 5.97 Å². The molecule has 3 nitrogen and oxygen atoms in total. The van der Waals surface area contributed by atoms with Gasteiger partial charge in [-0.3, -0.25) is 9.78 Å². The number of rotatable bonds is 4. The number of pyridine rings is 1. The van der Waals surface area contributed by atoms with Crippen LogP contribution in [0.4, 0.5) is 0 Å². The predicted molar refractivity (Wildman–Crippen MR) is 66.1 cm³/mol. The maximum absolute atomic E-state index is 11.4. The van der Waals surface area contributed by atoms with Crippen molar-refractivity contribution in [3.05, 3.63) is 28.5 Å². The normalized spacial score (nSPS) is 22.3. The van der Waals surface area contributed by atoms with E-state index in [4.69, 9.17) is 16.3 Å². The Morgan fingerprint density at radius 2 is 2.41 bits per heavy atom. The quantitative estimate of drug-likeness (QED) is 0.774. The molecule has 0 N–H and O–H groups in total. The zero-order valence-corrected chi connectivity index (χ0v) is 10.8. The Kier molecular flexibility index (Phi) is 3.67. The predicted octanol–water partition coefficient (Wildman–Crippen LogP) is 3.10. The molecule has 0 amide bonds. The summed E-state index contributed by atoms with van der Waals surface area (Å²) in [5.41, 5.74) is 2.07. The monoisotopic (exact) mass is 253 g/mol. The lowest BCUT2D eigenvalue weighted by atomic mass is 10.1. The molecule has 0 aliphatic heterocycles. The number of hydrogen-bond acceptors (Lipinski definition) is 3. The molecule has 4 heteroatoms. The number of carbonyl (C=O) groups excluding carboxylic acids is 1. The fourth-order valence-corrected chi connectivity index (χ4v) is 2.30. The van der Waals surface area contributed by atoms with Gasteiger partial charge in [0.05, 0.1) is 6.61 Å². The third-order valence-corrected chi connectivity index (χ3v) is 3.59. The summed E-state index contributed by atoms with van der Waals surface area (Å²) in [5.74, 6) is 0.636. The van der Waals surface area contributed by atoms with Crippen LogP contribution in [0.25, 0.3) is 0 Å². The maximum atomic E-state index is 11.4. The summed E-state index contributed by atoms with van der Waals surface area (Å²) in [7, 11) is 0. The van der Waals surface area contributed by atoms with Crippen molar-refractivity contribution < 1.29 is 9.53 Å². The topological polar surface area (TPSA) is 39.2 Å². The van der Waals surface area contributed by atoms with Gasteiger partial charge in [-0.05, 0) is 37.8 Å². The van der Waals surface area contributed by atoms with Crippen LogP contribution < -0.4 is 0 Å². The number of carbonyl (C=O) groups is 1. The van der Waals surface area contributed by atoms with E-state index in [0.717, 1.165) is 22.7 Å². The van der Waals surface area contributed by atoms with Crippen LogP contribution >= 0.6 is 11.6 Å². The summed E-state index contributed by atoms with van der Waals surface area (Å²) < 4.78 is 4.95. The van der Waals surface area contributed by atoms with Gasteiger partial charge in [-0.2, -0.15) is 0 Å². The average Bonchev–Trinajstić information content (AvgIpc) is 3.01. The summed E-state index contributed by atoms with van der Waals surface area (Å²) in [5, 5.41) is 0.747. The second-order valence-corrected chi connectivity index (χ2v) is 4.82. The molecule has 0 radical (unpaired) electrons. The van der Waals surface area contributed by atoms with Crippen molar-refractivity contribution >= 4 is 17.6 Å². The van der Waals surface area contributed by atoms with Crippen molar-refractivity contribution in [1.82, 2.24) is 4.98 Å². The lowest BCUT2D eigenvalue weighted by Crippen LogP contribution is -2.05. The first kappa shape index (κ1) is 12.4. The van der Waals surface area contributed by atoms with Crippen LogP contribution in [0, 0.1) is 12.8 Å². The first-order chi connectivity index (χ1) is 8.13. The molecule has 1 saturated carbocycles. The summed E-state index contributed by atoms with van der Waals surface area (Å²) in [6, 6.07) is 1.79. The highest BCUT2D eigenvalue weighted by Gasteiger charge is 2.41. The lowest BCUT2D eigenvalue weighted by molar-refractivity contribution is -0.143. The largest absolute Gasteiger partial charge is 0.466 e. The van der Waals surface area contributed by atoms with Gasteiger partial charge in [-0.15, -0.1) is 0 Å². The van der Waals surface area contributed by atoms with Gasteiger partial charge in [0.2, 0.25) is 0 Å². The van der Waals surface area contributed by atoms with Crippen molar-refractivity contribution in [3.63, 3.8) is 0 Å². The van der Waals surface area contributed by atoms with Gasteiger partial charge in [-0.25, -0.2) is 0 Å². The van der Waals surface area contributed by atoms with E-state index >= 15 is 0 Å². The zero-order chi connectivity index (χ0) is 12.4. The number of nitrogens with zero attached hydrogens (tertiary/aromatic N) is 1. The van der Waals surface area contributed by atoms with E-state index in [1.165, 1.54) is 0 Å². The van der Waals surface area contributed by atoms with E-state index in [2.05, 4.69) is 4.98 Å². The smallest absolute Gasteiger partial charge is 0.306 e. The number of ether oxygens (including phenoxy) is 1. The minimum Gasteiger partial charge on any atom is -0.466 e. The Morgan fingerprint density at radius 3 is 3.12 bits per heavy atom. The first-order valence-corrected chi connectivity index (χ1v) is 6.28. The standard InChI is InChI=1S/C13H16ClNO2/c1-3-17-12(16)7-9-6-10(9)13-8(2)11(14)4-5-15-13/h4-5,9-10H,3,6-7H2,1-2H3. The molecule has 0 saturated heterocycles. The van der Waals surface area contributed by atoms with Crippen LogP contribution in [0.5, 0.6) is 0 Å². The highest BCUT2D eigenvalue weighted by molar-refractivity contribution is 6.31. The van der Waals surface area contributed by atoms with Crippen LogP contribution in [0.1, 0.15) is 36.9 Å². The van der Waals surface area contributed by atoms with Gasteiger partial charge >= 0.3 is 5.97 Å². The maximum Gasteiger partial charge on any atom is 0.306 e. The van der Waals surface area contributed by atoms with Crippen LogP contribution in [0.3, 0.4) is 0 Å². The Hall–Kier alpha value is -1.09. The van der Waals surface area contributed by atoms with Crippen LogP contribution in [-0.4, -0.2) is 17.6 Å². The number of halogens is 1. The second kappa shape index (κ2) is 5.05. The van der Waals surface area contributed by atoms with Gasteiger partial charge < -0.3 is 4.74 Å². The molecule has 1 aromatic heterocycles. The molecule has 1 aromatic rings. The van der Waals surface area contributed by atoms with Crippen LogP contribution in [0.2, 0.25) is 5.02 Å². The summed E-state index contributed by atoms with van der Waals surface area (Å²) in [6.45, 7) is 4.25. The molecule has 2 rings (SSSR count). The highest BCUT2D eigenvalue weighted by Crippen LogP contribution is 2.50. The minimum absolute atomic E-state index is 0.111. The molecule has 1 fully saturated rings. The molecule has 17 heavy (non-hydrogen) atoms. The van der Waals surface area contributed by atoms with E-state index in [1.807, 2.05) is 13.8 Å². The molecule has 0 bridgehead atoms. The molecule has 2 atom stereocenters. The number of esters is 1. The van der Waals surface area contributed by atoms with Crippen molar-refractivity contribution in [2.24, 2.45) is 5.92 Å². The molecule has 1 aliphatic rings. The Morgan fingerprint density at radius 1 is 1.65 bits per heavy atom. The lowest BCUT2D eigenvalue weighted by Gasteiger charge is -2.05. The Bertz CT molecular complexity index is 433. The summed E-state index contributed by atoms with van der Waals surface area (Å²) in [4.78, 5) is 15.7. The van der Waals surface area contributed by atoms with Crippen LogP contribution in [0.15, 0.2) is 12.3 Å². The van der Waals surface area contributed by atoms with Gasteiger partial charge in [0.15, 0.2) is 0 Å². The molecular weight excluding hydrogens is 238 g/mol. The number of aromatic nitrogens is 1. The second-order valence-electron chi connectivity index (χ2n) is 4.41. The Balaban J connectivity index is 1.98. The fraction of sp³-hybridized carbons (Fsp3) is 0.538. The fourth-order valence-electron chi connectivity index (χ4n) is 2.14. The highest BCUT2D eigenvalue weighted by atomic mass is 35.5. The molecular formula is C13H16ClNO2. The average molecular weight is 254 g/mol. The third kappa shape index (κ3) is 2.78. The third-order valence-electron chi connectivity index (χ3n) is 3.18. The van der Waals surface area contributed by atoms with E-state index in [0.29, 0.717) is 24.9 Å². The van der Waals surface area contributed by atoms with E-state index in [1.54, 1.807) is 12.3 Å². The molecule has 1 heterocycles. The van der Waals surface area contributed by atoms with Crippen molar-refractivity contribution in [2.45, 2.75) is 32.6 Å². The zero-order valence-electron chi connectivity index (χ0n) is 10.1. The molecule has 92 valence electrons. The molecule has 0 aromatic carbocycles.